The highest BCUT2D eigenvalue weighted by atomic mass is 19.4. The number of carboxylic acid groups (broad SMARTS) is 1. The second-order valence-corrected chi connectivity index (χ2v) is 11.4. The molecule has 1 saturated carbocycles. The first-order valence-corrected chi connectivity index (χ1v) is 14.1. The van der Waals surface area contributed by atoms with Crippen LogP contribution in [0.4, 0.5) is 25.0 Å². The molecule has 0 radical (unpaired) electrons. The molecule has 1 aliphatic carbocycles. The molecule has 2 aromatic rings. The lowest BCUT2D eigenvalue weighted by Crippen LogP contribution is -2.53. The molecule has 2 saturated heterocycles. The van der Waals surface area contributed by atoms with Crippen molar-refractivity contribution in [2.75, 3.05) is 49.1 Å². The van der Waals surface area contributed by atoms with Gasteiger partial charge in [0.15, 0.2) is 5.69 Å². The zero-order valence-electron chi connectivity index (χ0n) is 23.0. The molecule has 41 heavy (non-hydrogen) atoms. The van der Waals surface area contributed by atoms with Gasteiger partial charge in [-0.05, 0) is 49.7 Å². The van der Waals surface area contributed by atoms with Crippen LogP contribution >= 0.6 is 0 Å². The van der Waals surface area contributed by atoms with E-state index in [1.165, 1.54) is 6.20 Å². The number of pyridine rings is 1. The Morgan fingerprint density at radius 3 is 2.41 bits per heavy atom. The number of amides is 1. The van der Waals surface area contributed by atoms with Crippen LogP contribution in [0.5, 0.6) is 0 Å². The molecule has 2 aliphatic heterocycles. The maximum atomic E-state index is 13.7. The summed E-state index contributed by atoms with van der Waals surface area (Å²) in [6, 6.07) is 3.15. The molecule has 5 rings (SSSR count). The lowest BCUT2D eigenvalue weighted by Gasteiger charge is -2.39. The maximum Gasteiger partial charge on any atom is 0.437 e. The highest BCUT2D eigenvalue weighted by molar-refractivity contribution is 6.02. The molecule has 0 bridgehead atoms. The number of aliphatic carboxylic acids is 1. The molecule has 0 aromatic carbocycles. The molecule has 222 valence electrons. The van der Waals surface area contributed by atoms with E-state index in [2.05, 4.69) is 9.97 Å². The van der Waals surface area contributed by atoms with Gasteiger partial charge in [-0.2, -0.15) is 18.2 Å². The normalized spacial score (nSPS) is 21.3. The van der Waals surface area contributed by atoms with E-state index >= 15 is 0 Å². The fraction of sp³-hybridized carbons (Fsp3) is 0.607. The molecule has 0 spiro atoms. The second kappa shape index (κ2) is 11.3. The van der Waals surface area contributed by atoms with Crippen molar-refractivity contribution in [2.24, 2.45) is 11.3 Å². The number of oxazole rings is 1. The highest BCUT2D eigenvalue weighted by Gasteiger charge is 2.53. The maximum absolute atomic E-state index is 13.7. The number of hydrogen-bond donors (Lipinski definition) is 1. The number of carbonyl (C=O) groups excluding carboxylic acids is 2. The van der Waals surface area contributed by atoms with E-state index in [-0.39, 0.29) is 24.3 Å². The number of halogens is 3. The van der Waals surface area contributed by atoms with Crippen molar-refractivity contribution < 1.29 is 37.1 Å². The molecule has 1 atom stereocenters. The monoisotopic (exact) mass is 577 g/mol. The number of ketones is 1. The fourth-order valence-corrected chi connectivity index (χ4v) is 5.86. The van der Waals surface area contributed by atoms with Crippen molar-refractivity contribution in [3.63, 3.8) is 0 Å². The predicted octanol–water partition coefficient (Wildman–Crippen LogP) is 4.04. The third-order valence-electron chi connectivity index (χ3n) is 8.37. The molecule has 1 unspecified atom stereocenters. The zero-order valence-corrected chi connectivity index (χ0v) is 23.0. The average molecular weight is 578 g/mol. The highest BCUT2D eigenvalue weighted by Crippen LogP contribution is 2.43. The Balaban J connectivity index is 1.24. The van der Waals surface area contributed by atoms with Gasteiger partial charge in [-0.15, -0.1) is 0 Å². The summed E-state index contributed by atoms with van der Waals surface area (Å²) in [6.07, 6.45) is 0.142. The van der Waals surface area contributed by atoms with Crippen molar-refractivity contribution >= 4 is 29.5 Å². The van der Waals surface area contributed by atoms with Crippen LogP contribution in [0.3, 0.4) is 0 Å². The average Bonchev–Trinajstić information content (AvgIpc) is 3.22. The van der Waals surface area contributed by atoms with Gasteiger partial charge >= 0.3 is 12.1 Å². The Kier molecular flexibility index (Phi) is 7.97. The third kappa shape index (κ3) is 5.89. The first kappa shape index (κ1) is 28.9. The number of rotatable bonds is 7. The number of piperidine rings is 1. The zero-order chi connectivity index (χ0) is 29.4. The Morgan fingerprint density at radius 2 is 1.80 bits per heavy atom. The van der Waals surface area contributed by atoms with Gasteiger partial charge < -0.3 is 24.2 Å². The van der Waals surface area contributed by atoms with E-state index in [1.54, 1.807) is 21.9 Å². The molecule has 4 heterocycles. The molecule has 10 nitrogen and oxygen atoms in total. The molecule has 1 N–H and O–H groups in total. The summed E-state index contributed by atoms with van der Waals surface area (Å²) in [7, 11) is 0. The van der Waals surface area contributed by atoms with Gasteiger partial charge in [-0.25, -0.2) is 4.98 Å². The quantitative estimate of drug-likeness (QED) is 0.384. The molecular formula is C28H34F3N5O5. The van der Waals surface area contributed by atoms with Gasteiger partial charge in [-0.3, -0.25) is 14.4 Å². The number of anilines is 2. The van der Waals surface area contributed by atoms with Crippen molar-refractivity contribution in [1.82, 2.24) is 14.9 Å². The van der Waals surface area contributed by atoms with Crippen LogP contribution in [0.15, 0.2) is 22.7 Å². The minimum atomic E-state index is -4.83. The van der Waals surface area contributed by atoms with Crippen LogP contribution in [-0.2, 0) is 22.2 Å². The Labute approximate surface area is 235 Å². The molecule has 3 aliphatic rings. The van der Waals surface area contributed by atoms with Gasteiger partial charge in [0.2, 0.25) is 17.5 Å². The first-order chi connectivity index (χ1) is 19.5. The molecule has 13 heteroatoms. The fourth-order valence-electron chi connectivity index (χ4n) is 5.86. The number of Topliss-reactive ketones (excluding diaryl/α,β-unsaturated/α-hetero) is 1. The predicted molar refractivity (Wildman–Crippen MR) is 142 cm³/mol. The number of hydrogen-bond acceptors (Lipinski definition) is 8. The van der Waals surface area contributed by atoms with Crippen molar-refractivity contribution in [3.8, 4) is 0 Å². The summed E-state index contributed by atoms with van der Waals surface area (Å²) in [5.74, 6) is -2.13. The summed E-state index contributed by atoms with van der Waals surface area (Å²) >= 11 is 0. The van der Waals surface area contributed by atoms with Crippen LogP contribution in [0.25, 0.3) is 0 Å². The van der Waals surface area contributed by atoms with Gasteiger partial charge in [0.1, 0.15) is 11.2 Å². The van der Waals surface area contributed by atoms with E-state index in [0.29, 0.717) is 69.9 Å². The number of carbonyl (C=O) groups is 3. The Morgan fingerprint density at radius 1 is 1.05 bits per heavy atom. The minimum absolute atomic E-state index is 0.180. The Hall–Kier alpha value is -3.64. The van der Waals surface area contributed by atoms with Crippen LogP contribution in [0.2, 0.25) is 0 Å². The van der Waals surface area contributed by atoms with Crippen molar-refractivity contribution in [1.29, 1.82) is 0 Å². The largest absolute Gasteiger partial charge is 0.480 e. The van der Waals surface area contributed by atoms with E-state index in [1.807, 2.05) is 11.8 Å². The van der Waals surface area contributed by atoms with E-state index in [9.17, 15) is 32.7 Å². The number of alkyl halides is 3. The SMILES string of the molecule is CC1CCCN(c2nc(C(F)(F)F)c(C(=O)Cc3ccc(N4CCCN(C(=O)C5(C(=O)O)CCC5)CC4)nc3)o2)C1. The number of carboxylic acids is 1. The summed E-state index contributed by atoms with van der Waals surface area (Å²) in [6.45, 7) is 4.91. The van der Waals surface area contributed by atoms with Crippen LogP contribution in [0, 0.1) is 11.3 Å². The lowest BCUT2D eigenvalue weighted by molar-refractivity contribution is -0.167. The first-order valence-electron chi connectivity index (χ1n) is 14.1. The second-order valence-electron chi connectivity index (χ2n) is 11.4. The summed E-state index contributed by atoms with van der Waals surface area (Å²) in [4.78, 5) is 51.0. The van der Waals surface area contributed by atoms with Crippen LogP contribution in [-0.4, -0.2) is 76.9 Å². The number of nitrogens with zero attached hydrogens (tertiary/aromatic N) is 5. The van der Waals surface area contributed by atoms with Gasteiger partial charge in [0, 0.05) is 51.9 Å². The van der Waals surface area contributed by atoms with E-state index < -0.39 is 34.8 Å². The standard InChI is InChI=1S/C28H34F3N5O5/c1-18-5-2-10-36(17-18)26-33-23(28(29,30)31)22(41-26)20(37)15-19-6-7-21(32-16-19)34-11-4-12-35(14-13-34)24(38)27(25(39)40)8-3-9-27/h6-7,16,18H,2-5,8-15,17H2,1H3,(H,39,40). The molecule has 3 fully saturated rings. The minimum Gasteiger partial charge on any atom is -0.480 e. The van der Waals surface area contributed by atoms with E-state index in [0.717, 1.165) is 19.3 Å². The lowest BCUT2D eigenvalue weighted by atomic mass is 9.67. The summed E-state index contributed by atoms with van der Waals surface area (Å²) in [5.41, 5.74) is -2.18. The molecule has 1 amide bonds. The Bertz CT molecular complexity index is 1290. The van der Waals surface area contributed by atoms with Crippen molar-refractivity contribution in [3.05, 3.63) is 35.3 Å². The van der Waals surface area contributed by atoms with Gasteiger partial charge in [-0.1, -0.05) is 19.4 Å². The molecular weight excluding hydrogens is 543 g/mol. The topological polar surface area (TPSA) is 120 Å². The van der Waals surface area contributed by atoms with Crippen LogP contribution in [0.1, 0.15) is 67.3 Å². The molecule has 2 aromatic heterocycles. The summed E-state index contributed by atoms with van der Waals surface area (Å²) in [5, 5.41) is 9.61. The van der Waals surface area contributed by atoms with Crippen LogP contribution < -0.4 is 9.80 Å². The summed E-state index contributed by atoms with van der Waals surface area (Å²) < 4.78 is 46.6. The third-order valence-corrected chi connectivity index (χ3v) is 8.37. The number of aromatic nitrogens is 2. The van der Waals surface area contributed by atoms with Crippen molar-refractivity contribution in [2.45, 2.75) is 58.0 Å². The smallest absolute Gasteiger partial charge is 0.437 e. The van der Waals surface area contributed by atoms with Gasteiger partial charge in [0.05, 0.1) is 0 Å². The van der Waals surface area contributed by atoms with E-state index in [4.69, 9.17) is 4.42 Å². The van der Waals surface area contributed by atoms with Gasteiger partial charge in [0.25, 0.3) is 6.01 Å².